The van der Waals surface area contributed by atoms with Crippen molar-refractivity contribution in [1.82, 2.24) is 25.7 Å². The molecule has 3 aromatic rings. The Bertz CT molecular complexity index is 760. The smallest absolute Gasteiger partial charge is 0.240 e. The fourth-order valence-corrected chi connectivity index (χ4v) is 3.62. The molecule has 1 saturated heterocycles. The summed E-state index contributed by atoms with van der Waals surface area (Å²) in [5.74, 6) is 2.21. The molecule has 0 unspecified atom stereocenters. The Labute approximate surface area is 143 Å². The molecule has 0 bridgehead atoms. The van der Waals surface area contributed by atoms with Crippen LogP contribution in [0.2, 0.25) is 0 Å². The van der Waals surface area contributed by atoms with E-state index in [2.05, 4.69) is 30.6 Å². The van der Waals surface area contributed by atoms with Crippen LogP contribution in [0.25, 0.3) is 10.7 Å². The minimum atomic E-state index is 0.418. The fraction of sp³-hybridized carbons (Fsp3) is 0.375. The molecule has 4 rings (SSSR count). The lowest BCUT2D eigenvalue weighted by Crippen LogP contribution is -2.38. The first-order valence-corrected chi connectivity index (χ1v) is 8.89. The third kappa shape index (κ3) is 3.29. The van der Waals surface area contributed by atoms with Crippen LogP contribution in [0.1, 0.15) is 18.7 Å². The quantitative estimate of drug-likeness (QED) is 0.736. The fourth-order valence-electron chi connectivity index (χ4n) is 2.97. The maximum absolute atomic E-state index is 5.31. The van der Waals surface area contributed by atoms with Crippen molar-refractivity contribution in [3.63, 3.8) is 0 Å². The molecule has 0 aromatic carbocycles. The van der Waals surface area contributed by atoms with Crippen LogP contribution in [0, 0.1) is 0 Å². The van der Waals surface area contributed by atoms with Crippen molar-refractivity contribution >= 4 is 17.2 Å². The molecule has 0 amide bonds. The Morgan fingerprint density at radius 3 is 3.17 bits per heavy atom. The van der Waals surface area contributed by atoms with Gasteiger partial charge in [-0.15, -0.1) is 16.4 Å². The van der Waals surface area contributed by atoms with Gasteiger partial charge in [-0.1, -0.05) is 11.2 Å². The highest BCUT2D eigenvalue weighted by Crippen LogP contribution is 2.23. The Hall–Kier alpha value is -2.32. The number of nitrogens with one attached hydrogen (secondary N) is 1. The molecule has 3 aromatic heterocycles. The second-order valence-corrected chi connectivity index (χ2v) is 6.64. The van der Waals surface area contributed by atoms with Gasteiger partial charge in [0.05, 0.1) is 11.4 Å². The molecule has 0 spiro atoms. The normalized spacial score (nSPS) is 17.5. The summed E-state index contributed by atoms with van der Waals surface area (Å²) in [6.07, 6.45) is 4.02. The van der Waals surface area contributed by atoms with Crippen molar-refractivity contribution in [1.29, 1.82) is 0 Å². The van der Waals surface area contributed by atoms with E-state index in [-0.39, 0.29) is 0 Å². The average molecular weight is 342 g/mol. The summed E-state index contributed by atoms with van der Waals surface area (Å²) < 4.78 is 5.31. The number of rotatable bonds is 6. The zero-order chi connectivity index (χ0) is 16.2. The molecule has 24 heavy (non-hydrogen) atoms. The molecule has 7 nitrogen and oxygen atoms in total. The molecule has 1 atom stereocenters. The minimum Gasteiger partial charge on any atom is -0.351 e. The number of aromatic nitrogens is 4. The van der Waals surface area contributed by atoms with Gasteiger partial charge >= 0.3 is 0 Å². The van der Waals surface area contributed by atoms with E-state index in [1.165, 1.54) is 6.42 Å². The molecule has 0 aliphatic carbocycles. The minimum absolute atomic E-state index is 0.418. The van der Waals surface area contributed by atoms with Crippen molar-refractivity contribution in [3.8, 4) is 10.7 Å². The Morgan fingerprint density at radius 2 is 2.33 bits per heavy atom. The van der Waals surface area contributed by atoms with Gasteiger partial charge in [0.15, 0.2) is 5.82 Å². The maximum Gasteiger partial charge on any atom is 0.240 e. The van der Waals surface area contributed by atoms with E-state index < -0.39 is 0 Å². The third-order valence-electron chi connectivity index (χ3n) is 4.10. The highest BCUT2D eigenvalue weighted by molar-refractivity contribution is 7.13. The van der Waals surface area contributed by atoms with Crippen LogP contribution in [0.5, 0.6) is 0 Å². The van der Waals surface area contributed by atoms with Gasteiger partial charge in [0.25, 0.3) is 0 Å². The van der Waals surface area contributed by atoms with Crippen molar-refractivity contribution in [2.24, 2.45) is 0 Å². The molecular weight excluding hydrogens is 324 g/mol. The molecule has 4 heterocycles. The molecule has 1 aliphatic rings. The monoisotopic (exact) mass is 342 g/mol. The SMILES string of the molecule is c1cnnc(N2CCC[C@@H]2CNCc2nc(-c3cccs3)no2)c1. The van der Waals surface area contributed by atoms with E-state index >= 15 is 0 Å². The summed E-state index contributed by atoms with van der Waals surface area (Å²) >= 11 is 1.61. The Balaban J connectivity index is 1.32. The van der Waals surface area contributed by atoms with Gasteiger partial charge in [-0.2, -0.15) is 10.1 Å². The summed E-state index contributed by atoms with van der Waals surface area (Å²) in [6, 6.07) is 8.33. The lowest BCUT2D eigenvalue weighted by molar-refractivity contribution is 0.365. The molecule has 8 heteroatoms. The molecule has 1 N–H and O–H groups in total. The molecule has 124 valence electrons. The van der Waals surface area contributed by atoms with Crippen molar-refractivity contribution in [2.45, 2.75) is 25.4 Å². The largest absolute Gasteiger partial charge is 0.351 e. The molecule has 1 aliphatic heterocycles. The standard InChI is InChI=1S/C16H18N6OS/c1-6-14(20-18-7-1)22-8-2-4-12(22)10-17-11-15-19-16(21-23-15)13-5-3-9-24-13/h1,3,5-7,9,12,17H,2,4,8,10-11H2/t12-/m1/s1. The van der Waals surface area contributed by atoms with E-state index in [1.54, 1.807) is 17.5 Å². The summed E-state index contributed by atoms with van der Waals surface area (Å²) in [4.78, 5) is 7.76. The van der Waals surface area contributed by atoms with Gasteiger partial charge < -0.3 is 14.7 Å². The molecular formula is C16H18N6OS. The Morgan fingerprint density at radius 1 is 1.33 bits per heavy atom. The second kappa shape index (κ2) is 7.06. The van der Waals surface area contributed by atoms with E-state index in [9.17, 15) is 0 Å². The molecule has 1 fully saturated rings. The highest BCUT2D eigenvalue weighted by Gasteiger charge is 2.25. The van der Waals surface area contributed by atoms with Gasteiger partial charge in [0, 0.05) is 25.3 Å². The van der Waals surface area contributed by atoms with Crippen LogP contribution in [-0.4, -0.2) is 39.5 Å². The first kappa shape index (κ1) is 15.2. The van der Waals surface area contributed by atoms with Gasteiger partial charge in [0.2, 0.25) is 11.7 Å². The topological polar surface area (TPSA) is 80.0 Å². The first-order valence-electron chi connectivity index (χ1n) is 8.02. The molecule has 0 radical (unpaired) electrons. The molecule has 0 saturated carbocycles. The predicted octanol–water partition coefficient (Wildman–Crippen LogP) is 2.35. The van der Waals surface area contributed by atoms with Crippen LogP contribution in [0.3, 0.4) is 0 Å². The van der Waals surface area contributed by atoms with Gasteiger partial charge in [-0.05, 0) is 36.4 Å². The second-order valence-electron chi connectivity index (χ2n) is 5.69. The maximum atomic E-state index is 5.31. The van der Waals surface area contributed by atoms with E-state index in [1.807, 2.05) is 29.6 Å². The average Bonchev–Trinajstić information content (AvgIpc) is 3.37. The summed E-state index contributed by atoms with van der Waals surface area (Å²) in [7, 11) is 0. The van der Waals surface area contributed by atoms with E-state index in [0.29, 0.717) is 24.3 Å². The lowest BCUT2D eigenvalue weighted by Gasteiger charge is -2.25. The predicted molar refractivity (Wildman–Crippen MR) is 91.7 cm³/mol. The summed E-state index contributed by atoms with van der Waals surface area (Å²) in [6.45, 7) is 2.45. The number of anilines is 1. The van der Waals surface area contributed by atoms with Gasteiger partial charge in [-0.25, -0.2) is 0 Å². The van der Waals surface area contributed by atoms with Crippen molar-refractivity contribution < 1.29 is 4.52 Å². The first-order chi connectivity index (χ1) is 11.9. The highest BCUT2D eigenvalue weighted by atomic mass is 32.1. The summed E-state index contributed by atoms with van der Waals surface area (Å²) in [5, 5.41) is 17.6. The van der Waals surface area contributed by atoms with Crippen LogP contribution >= 0.6 is 11.3 Å². The van der Waals surface area contributed by atoms with Crippen molar-refractivity contribution in [3.05, 3.63) is 41.7 Å². The number of hydrogen-bond acceptors (Lipinski definition) is 8. The van der Waals surface area contributed by atoms with E-state index in [0.717, 1.165) is 30.2 Å². The summed E-state index contributed by atoms with van der Waals surface area (Å²) in [5.41, 5.74) is 0. The Kier molecular flexibility index (Phi) is 4.48. The third-order valence-corrected chi connectivity index (χ3v) is 4.96. The zero-order valence-electron chi connectivity index (χ0n) is 13.1. The number of hydrogen-bond donors (Lipinski definition) is 1. The number of nitrogens with zero attached hydrogens (tertiary/aromatic N) is 5. The van der Waals surface area contributed by atoms with Crippen LogP contribution in [-0.2, 0) is 6.54 Å². The van der Waals surface area contributed by atoms with Crippen molar-refractivity contribution in [2.75, 3.05) is 18.0 Å². The van der Waals surface area contributed by atoms with Crippen LogP contribution in [0.4, 0.5) is 5.82 Å². The lowest BCUT2D eigenvalue weighted by atomic mass is 10.2. The zero-order valence-corrected chi connectivity index (χ0v) is 13.9. The van der Waals surface area contributed by atoms with Gasteiger partial charge in [0.1, 0.15) is 0 Å². The van der Waals surface area contributed by atoms with E-state index in [4.69, 9.17) is 4.52 Å². The van der Waals surface area contributed by atoms with Gasteiger partial charge in [-0.3, -0.25) is 0 Å². The van der Waals surface area contributed by atoms with Crippen LogP contribution in [0.15, 0.2) is 40.4 Å². The van der Waals surface area contributed by atoms with Crippen LogP contribution < -0.4 is 10.2 Å². The number of thiophene rings is 1.